The van der Waals surface area contributed by atoms with Crippen LogP contribution in [0.15, 0.2) is 47.4 Å². The van der Waals surface area contributed by atoms with E-state index in [4.69, 9.17) is 9.47 Å². The molecule has 0 spiro atoms. The molecule has 1 heterocycles. The molecule has 0 aromatic heterocycles. The van der Waals surface area contributed by atoms with Crippen LogP contribution in [0.5, 0.6) is 5.75 Å². The Hall–Kier alpha value is -3.11. The summed E-state index contributed by atoms with van der Waals surface area (Å²) in [6.45, 7) is 0. The Labute approximate surface area is 173 Å². The highest BCUT2D eigenvalue weighted by molar-refractivity contribution is 6.21. The van der Waals surface area contributed by atoms with Gasteiger partial charge in [-0.1, -0.05) is 0 Å². The molecular formula is C20H17F6NO4. The van der Waals surface area contributed by atoms with E-state index in [9.17, 15) is 31.1 Å². The zero-order valence-electron chi connectivity index (χ0n) is 16.5. The van der Waals surface area contributed by atoms with Gasteiger partial charge in [-0.3, -0.25) is 0 Å². The third-order valence-electron chi connectivity index (χ3n) is 4.87. The van der Waals surface area contributed by atoms with Crippen molar-refractivity contribution in [2.45, 2.75) is 24.9 Å². The Balaban J connectivity index is 2.18. The molecule has 1 aromatic rings. The van der Waals surface area contributed by atoms with Crippen LogP contribution in [0, 0.1) is 0 Å². The number of fused-ring (bicyclic) bond motifs is 2. The molecule has 0 N–H and O–H groups in total. The predicted octanol–water partition coefficient (Wildman–Crippen LogP) is 4.75. The van der Waals surface area contributed by atoms with Gasteiger partial charge in [0.1, 0.15) is 11.5 Å². The number of halogens is 6. The van der Waals surface area contributed by atoms with Gasteiger partial charge in [0.2, 0.25) is 0 Å². The van der Waals surface area contributed by atoms with Crippen molar-refractivity contribution in [3.8, 4) is 5.75 Å². The first-order valence-corrected chi connectivity index (χ1v) is 8.83. The maximum Gasteiger partial charge on any atom is 0.434 e. The number of anilines is 1. The lowest BCUT2D eigenvalue weighted by molar-refractivity contribution is -0.311. The highest BCUT2D eigenvalue weighted by Gasteiger charge is 2.60. The van der Waals surface area contributed by atoms with E-state index in [1.807, 2.05) is 0 Å². The number of carbonyl (C=O) groups excluding carboxylic acids is 1. The summed E-state index contributed by atoms with van der Waals surface area (Å²) >= 11 is 0. The van der Waals surface area contributed by atoms with Gasteiger partial charge in [-0.2, -0.15) is 26.3 Å². The average molecular weight is 449 g/mol. The molecule has 0 amide bonds. The average Bonchev–Trinajstić information content (AvgIpc) is 2.69. The van der Waals surface area contributed by atoms with Crippen molar-refractivity contribution < 1.29 is 45.3 Å². The van der Waals surface area contributed by atoms with Crippen molar-refractivity contribution >= 4 is 17.2 Å². The molecule has 1 aromatic carbocycles. The molecule has 31 heavy (non-hydrogen) atoms. The van der Waals surface area contributed by atoms with E-state index in [1.165, 1.54) is 20.3 Å². The minimum Gasteiger partial charge on any atom is -0.501 e. The van der Waals surface area contributed by atoms with Crippen LogP contribution in [-0.2, 0) is 14.3 Å². The van der Waals surface area contributed by atoms with Gasteiger partial charge in [0.05, 0.1) is 19.8 Å². The molecule has 5 nitrogen and oxygen atoms in total. The molecular weight excluding hydrogens is 432 g/mol. The molecule has 0 unspecified atom stereocenters. The van der Waals surface area contributed by atoms with Crippen molar-refractivity contribution in [1.82, 2.24) is 0 Å². The summed E-state index contributed by atoms with van der Waals surface area (Å²) in [6.07, 6.45) is -12.8. The standard InChI is InChI=1S/C20H17F6NO4/c1-27-14-6-4-10(29-2)8-12(14)16(13-9-11(30-3)5-7-15(13)27)17(28)31-18(19(21,22)23)20(24,25)26/h4-8,18H,9H2,1-3H3. The van der Waals surface area contributed by atoms with Gasteiger partial charge in [0.25, 0.3) is 6.10 Å². The van der Waals surface area contributed by atoms with E-state index < -0.39 is 30.0 Å². The zero-order valence-corrected chi connectivity index (χ0v) is 16.5. The first kappa shape index (κ1) is 22.6. The number of nitrogens with zero attached hydrogens (tertiary/aromatic N) is 1. The Morgan fingerprint density at radius 1 is 1.03 bits per heavy atom. The van der Waals surface area contributed by atoms with Crippen molar-refractivity contribution in [1.29, 1.82) is 0 Å². The number of hydrogen-bond donors (Lipinski definition) is 0. The van der Waals surface area contributed by atoms with Crippen molar-refractivity contribution in [3.05, 3.63) is 52.9 Å². The Kier molecular flexibility index (Phi) is 5.72. The third-order valence-corrected chi connectivity index (χ3v) is 4.87. The van der Waals surface area contributed by atoms with Gasteiger partial charge < -0.3 is 19.1 Å². The van der Waals surface area contributed by atoms with E-state index in [-0.39, 0.29) is 23.3 Å². The van der Waals surface area contributed by atoms with Crippen molar-refractivity contribution in [3.63, 3.8) is 0 Å². The monoisotopic (exact) mass is 449 g/mol. The van der Waals surface area contributed by atoms with Crippen molar-refractivity contribution in [2.75, 3.05) is 26.2 Å². The summed E-state index contributed by atoms with van der Waals surface area (Å²) < 4.78 is 92.2. The summed E-state index contributed by atoms with van der Waals surface area (Å²) in [5, 5.41) is 0. The second kappa shape index (κ2) is 7.86. The lowest BCUT2D eigenvalue weighted by Crippen LogP contribution is -2.46. The molecule has 2 aliphatic rings. The highest BCUT2D eigenvalue weighted by Crippen LogP contribution is 2.46. The van der Waals surface area contributed by atoms with Crippen LogP contribution in [0.3, 0.4) is 0 Å². The molecule has 1 aliphatic carbocycles. The van der Waals surface area contributed by atoms with Gasteiger partial charge in [0, 0.05) is 30.4 Å². The second-order valence-corrected chi connectivity index (χ2v) is 6.73. The highest BCUT2D eigenvalue weighted by atomic mass is 19.4. The first-order chi connectivity index (χ1) is 14.4. The number of esters is 1. The summed E-state index contributed by atoms with van der Waals surface area (Å²) in [6, 6.07) is 4.45. The molecule has 0 bridgehead atoms. The molecule has 168 valence electrons. The lowest BCUT2D eigenvalue weighted by atomic mass is 9.86. The van der Waals surface area contributed by atoms with Crippen LogP contribution in [-0.4, -0.2) is 45.7 Å². The van der Waals surface area contributed by atoms with E-state index in [1.54, 1.807) is 36.2 Å². The summed E-state index contributed by atoms with van der Waals surface area (Å²) in [5.41, 5.74) is 0.642. The van der Waals surface area contributed by atoms with Gasteiger partial charge in [-0.05, 0) is 35.9 Å². The minimum atomic E-state index is -5.83. The fraction of sp³-hybridized carbons (Fsp3) is 0.350. The second-order valence-electron chi connectivity index (χ2n) is 6.73. The Morgan fingerprint density at radius 2 is 1.68 bits per heavy atom. The van der Waals surface area contributed by atoms with Crippen LogP contribution >= 0.6 is 0 Å². The summed E-state index contributed by atoms with van der Waals surface area (Å²) in [7, 11) is 4.34. The zero-order chi connectivity index (χ0) is 23.1. The fourth-order valence-electron chi connectivity index (χ4n) is 3.41. The largest absolute Gasteiger partial charge is 0.501 e. The third kappa shape index (κ3) is 4.21. The molecule has 0 radical (unpaired) electrons. The number of likely N-dealkylation sites (N-methyl/N-ethyl adjacent to an activating group) is 1. The van der Waals surface area contributed by atoms with E-state index in [0.29, 0.717) is 17.1 Å². The molecule has 3 rings (SSSR count). The van der Waals surface area contributed by atoms with Crippen molar-refractivity contribution in [2.24, 2.45) is 0 Å². The van der Waals surface area contributed by atoms with Crippen LogP contribution in [0.4, 0.5) is 32.0 Å². The van der Waals surface area contributed by atoms with Crippen LogP contribution in [0.25, 0.3) is 5.57 Å². The molecule has 0 atom stereocenters. The number of allylic oxidation sites excluding steroid dienone is 4. The Bertz CT molecular complexity index is 976. The number of benzene rings is 1. The molecule has 0 saturated heterocycles. The van der Waals surface area contributed by atoms with Gasteiger partial charge in [-0.25, -0.2) is 4.79 Å². The normalized spacial score (nSPS) is 16.4. The summed E-state index contributed by atoms with van der Waals surface area (Å²) in [5.74, 6) is -1.13. The lowest BCUT2D eigenvalue weighted by Gasteiger charge is -2.35. The van der Waals surface area contributed by atoms with Crippen LogP contribution in [0.2, 0.25) is 0 Å². The first-order valence-electron chi connectivity index (χ1n) is 8.83. The van der Waals surface area contributed by atoms with E-state index in [0.717, 1.165) is 0 Å². The SMILES string of the molecule is COC1=CC=C2C(=C(C(=O)OC(C(F)(F)F)C(F)(F)F)c3cc(OC)ccc3N2C)C1. The fourth-order valence-corrected chi connectivity index (χ4v) is 3.41. The topological polar surface area (TPSA) is 48.0 Å². The molecule has 1 aliphatic heterocycles. The number of alkyl halides is 6. The number of methoxy groups -OCH3 is 2. The van der Waals surface area contributed by atoms with E-state index in [2.05, 4.69) is 4.74 Å². The van der Waals surface area contributed by atoms with E-state index >= 15 is 0 Å². The molecule has 0 fully saturated rings. The maximum absolute atomic E-state index is 13.0. The van der Waals surface area contributed by atoms with Crippen LogP contribution < -0.4 is 9.64 Å². The smallest absolute Gasteiger partial charge is 0.434 e. The number of carbonyl (C=O) groups is 1. The number of rotatable bonds is 4. The maximum atomic E-state index is 13.0. The minimum absolute atomic E-state index is 0.0313. The van der Waals surface area contributed by atoms with Gasteiger partial charge in [0.15, 0.2) is 0 Å². The Morgan fingerprint density at radius 3 is 2.23 bits per heavy atom. The summed E-state index contributed by atoms with van der Waals surface area (Å²) in [4.78, 5) is 14.5. The molecule has 0 saturated carbocycles. The molecule has 11 heteroatoms. The number of ether oxygens (including phenoxy) is 3. The van der Waals surface area contributed by atoms with Crippen LogP contribution in [0.1, 0.15) is 12.0 Å². The predicted molar refractivity (Wildman–Crippen MR) is 98.1 cm³/mol. The quantitative estimate of drug-likeness (QED) is 0.491. The van der Waals surface area contributed by atoms with Gasteiger partial charge >= 0.3 is 18.3 Å². The number of hydrogen-bond acceptors (Lipinski definition) is 5. The van der Waals surface area contributed by atoms with Gasteiger partial charge in [-0.15, -0.1) is 0 Å².